The van der Waals surface area contributed by atoms with Crippen molar-refractivity contribution in [2.24, 2.45) is 5.92 Å². The third-order valence-corrected chi connectivity index (χ3v) is 5.15. The summed E-state index contributed by atoms with van der Waals surface area (Å²) < 4.78 is 1.82. The second-order valence-corrected chi connectivity index (χ2v) is 7.07. The van der Waals surface area contributed by atoms with Crippen molar-refractivity contribution >= 4 is 5.78 Å². The van der Waals surface area contributed by atoms with E-state index in [2.05, 4.69) is 31.1 Å². The van der Waals surface area contributed by atoms with Gasteiger partial charge in [-0.25, -0.2) is 4.68 Å². The fraction of sp³-hybridized carbons (Fsp3) is 0.833. The highest BCUT2D eigenvalue weighted by Gasteiger charge is 2.50. The topological polar surface area (TPSA) is 47.8 Å². The maximum Gasteiger partial charge on any atom is 0.157 e. The average molecular weight is 305 g/mol. The Balaban J connectivity index is 0.000000545. The third-order valence-electron chi connectivity index (χ3n) is 5.15. The van der Waals surface area contributed by atoms with Crippen LogP contribution in [0.4, 0.5) is 0 Å². The molecule has 0 aliphatic heterocycles. The Labute approximate surface area is 134 Å². The lowest BCUT2D eigenvalue weighted by atomic mass is 9.80. The molecule has 2 aliphatic rings. The van der Waals surface area contributed by atoms with Crippen LogP contribution in [0, 0.1) is 5.92 Å². The van der Waals surface area contributed by atoms with Gasteiger partial charge in [-0.1, -0.05) is 51.7 Å². The zero-order valence-electron chi connectivity index (χ0n) is 14.6. The summed E-state index contributed by atoms with van der Waals surface area (Å²) >= 11 is 0. The summed E-state index contributed by atoms with van der Waals surface area (Å²) in [5.41, 5.74) is 0.719. The van der Waals surface area contributed by atoms with E-state index in [0.717, 1.165) is 24.5 Å². The van der Waals surface area contributed by atoms with Crippen molar-refractivity contribution in [2.75, 3.05) is 0 Å². The minimum atomic E-state index is -0.350. The van der Waals surface area contributed by atoms with E-state index in [0.29, 0.717) is 5.92 Å². The first-order valence-corrected chi connectivity index (χ1v) is 8.99. The van der Waals surface area contributed by atoms with Crippen molar-refractivity contribution in [2.45, 2.75) is 90.5 Å². The number of nitrogens with zero attached hydrogens (tertiary/aromatic N) is 3. The zero-order chi connectivity index (χ0) is 16.2. The van der Waals surface area contributed by atoms with E-state index in [9.17, 15) is 4.79 Å². The van der Waals surface area contributed by atoms with E-state index in [1.54, 1.807) is 6.92 Å². The van der Waals surface area contributed by atoms with Gasteiger partial charge in [0.1, 0.15) is 5.54 Å². The molecule has 22 heavy (non-hydrogen) atoms. The summed E-state index contributed by atoms with van der Waals surface area (Å²) in [6.07, 6.45) is 11.8. The first kappa shape index (κ1) is 17.2. The molecule has 0 N–H and O–H groups in total. The van der Waals surface area contributed by atoms with E-state index in [-0.39, 0.29) is 11.3 Å². The summed E-state index contributed by atoms with van der Waals surface area (Å²) in [4.78, 5) is 11.7. The Morgan fingerprint density at radius 1 is 1.32 bits per heavy atom. The monoisotopic (exact) mass is 305 g/mol. The average Bonchev–Trinajstić information content (AvgIpc) is 3.20. The molecule has 4 nitrogen and oxygen atoms in total. The number of carbonyl (C=O) groups is 1. The van der Waals surface area contributed by atoms with Gasteiger partial charge >= 0.3 is 0 Å². The van der Waals surface area contributed by atoms with Crippen molar-refractivity contribution in [3.63, 3.8) is 0 Å². The van der Waals surface area contributed by atoms with Gasteiger partial charge in [0.2, 0.25) is 0 Å². The number of hydrogen-bond donors (Lipinski definition) is 0. The van der Waals surface area contributed by atoms with Crippen molar-refractivity contribution in [3.8, 4) is 0 Å². The van der Waals surface area contributed by atoms with Crippen LogP contribution in [0.5, 0.6) is 0 Å². The quantitative estimate of drug-likeness (QED) is 0.825. The second kappa shape index (κ2) is 7.38. The summed E-state index contributed by atoms with van der Waals surface area (Å²) in [5, 5.41) is 8.57. The van der Waals surface area contributed by atoms with Crippen molar-refractivity contribution in [3.05, 3.63) is 11.9 Å². The first-order chi connectivity index (χ1) is 10.5. The Hall–Kier alpha value is -1.19. The normalized spacial score (nSPS) is 21.6. The largest absolute Gasteiger partial charge is 0.297 e. The summed E-state index contributed by atoms with van der Waals surface area (Å²) in [5.74, 6) is 1.43. The number of Topliss-reactive ketones (excluding diaryl/α,β-unsaturated/α-hetero) is 1. The Kier molecular flexibility index (Phi) is 5.76. The predicted octanol–water partition coefficient (Wildman–Crippen LogP) is 4.46. The minimum Gasteiger partial charge on any atom is -0.297 e. The summed E-state index contributed by atoms with van der Waals surface area (Å²) in [6.45, 7) is 8.18. The number of ketones is 1. The highest BCUT2D eigenvalue weighted by molar-refractivity contribution is 5.86. The van der Waals surface area contributed by atoms with Crippen LogP contribution >= 0.6 is 0 Å². The van der Waals surface area contributed by atoms with Crippen molar-refractivity contribution in [1.82, 2.24) is 15.0 Å². The van der Waals surface area contributed by atoms with E-state index in [1.807, 2.05) is 10.9 Å². The van der Waals surface area contributed by atoms with E-state index < -0.39 is 0 Å². The van der Waals surface area contributed by atoms with Gasteiger partial charge in [0.05, 0.1) is 5.69 Å². The molecule has 2 saturated carbocycles. The van der Waals surface area contributed by atoms with Gasteiger partial charge in [0.15, 0.2) is 5.78 Å². The smallest absolute Gasteiger partial charge is 0.157 e. The van der Waals surface area contributed by atoms with Crippen LogP contribution in [0.1, 0.15) is 90.7 Å². The van der Waals surface area contributed by atoms with Gasteiger partial charge in [-0.3, -0.25) is 4.79 Å². The van der Waals surface area contributed by atoms with Gasteiger partial charge in [-0.15, -0.1) is 5.10 Å². The lowest BCUT2D eigenvalue weighted by molar-refractivity contribution is -0.121. The van der Waals surface area contributed by atoms with Crippen molar-refractivity contribution < 1.29 is 4.79 Å². The van der Waals surface area contributed by atoms with Gasteiger partial charge in [0, 0.05) is 12.1 Å². The molecule has 1 heterocycles. The van der Waals surface area contributed by atoms with E-state index in [1.165, 1.54) is 38.5 Å². The summed E-state index contributed by atoms with van der Waals surface area (Å²) in [7, 11) is 0. The Bertz CT molecular complexity index is 484. The molecule has 2 aliphatic carbocycles. The first-order valence-electron chi connectivity index (χ1n) is 8.99. The van der Waals surface area contributed by atoms with Crippen LogP contribution in [-0.2, 0) is 10.3 Å². The standard InChI is InChI=1S/C15H23N3O.C3H8/c1-11(13-6-4-3-5-7-13)14-10-18(17-16-14)15(8-9-15)12(2)19;1-3-2/h10-11,13H,3-9H2,1-2H3;3H2,1-2H3/t11-;/m0./s1. The number of carbonyl (C=O) groups excluding carboxylic acids is 1. The van der Waals surface area contributed by atoms with Crippen LogP contribution in [0.2, 0.25) is 0 Å². The number of aromatic nitrogens is 3. The molecule has 4 heteroatoms. The number of hydrogen-bond acceptors (Lipinski definition) is 3. The highest BCUT2D eigenvalue weighted by Crippen LogP contribution is 2.44. The molecule has 0 spiro atoms. The van der Waals surface area contributed by atoms with Gasteiger partial charge in [-0.2, -0.15) is 0 Å². The fourth-order valence-electron chi connectivity index (χ4n) is 3.43. The molecule has 2 fully saturated rings. The molecule has 0 saturated heterocycles. The number of rotatable bonds is 4. The van der Waals surface area contributed by atoms with E-state index in [4.69, 9.17) is 0 Å². The summed E-state index contributed by atoms with van der Waals surface area (Å²) in [6, 6.07) is 0. The van der Waals surface area contributed by atoms with Crippen molar-refractivity contribution in [1.29, 1.82) is 0 Å². The van der Waals surface area contributed by atoms with Gasteiger partial charge in [0.25, 0.3) is 0 Å². The molecule has 0 radical (unpaired) electrons. The lowest BCUT2D eigenvalue weighted by Gasteiger charge is -2.26. The molecule has 124 valence electrons. The van der Waals surface area contributed by atoms with Crippen LogP contribution < -0.4 is 0 Å². The Morgan fingerprint density at radius 2 is 1.91 bits per heavy atom. The second-order valence-electron chi connectivity index (χ2n) is 7.07. The maximum atomic E-state index is 11.7. The molecule has 3 rings (SSSR count). The minimum absolute atomic E-state index is 0.217. The van der Waals surface area contributed by atoms with Crippen LogP contribution in [0.3, 0.4) is 0 Å². The molecule has 1 aromatic rings. The molecule has 1 aromatic heterocycles. The third kappa shape index (κ3) is 3.58. The predicted molar refractivity (Wildman–Crippen MR) is 88.9 cm³/mol. The molecule has 1 atom stereocenters. The molecular formula is C18H31N3O. The molecule has 0 unspecified atom stereocenters. The van der Waals surface area contributed by atoms with Crippen LogP contribution in [0.25, 0.3) is 0 Å². The van der Waals surface area contributed by atoms with Gasteiger partial charge in [-0.05, 0) is 38.5 Å². The molecular weight excluding hydrogens is 274 g/mol. The maximum absolute atomic E-state index is 11.7. The van der Waals surface area contributed by atoms with E-state index >= 15 is 0 Å². The Morgan fingerprint density at radius 3 is 2.41 bits per heavy atom. The molecule has 0 aromatic carbocycles. The zero-order valence-corrected chi connectivity index (χ0v) is 14.6. The lowest BCUT2D eigenvalue weighted by Crippen LogP contribution is -2.26. The van der Waals surface area contributed by atoms with Crippen LogP contribution in [0.15, 0.2) is 6.20 Å². The molecule has 0 amide bonds. The fourth-order valence-corrected chi connectivity index (χ4v) is 3.43. The van der Waals surface area contributed by atoms with Gasteiger partial charge < -0.3 is 0 Å². The molecule has 0 bridgehead atoms. The SMILES string of the molecule is CC(=O)C1(n2cc([C@@H](C)C3CCCCC3)nn2)CC1.CCC. The highest BCUT2D eigenvalue weighted by atomic mass is 16.1. The van der Waals surface area contributed by atoms with Crippen LogP contribution in [-0.4, -0.2) is 20.8 Å².